The van der Waals surface area contributed by atoms with Crippen LogP contribution < -0.4 is 10.1 Å². The highest BCUT2D eigenvalue weighted by molar-refractivity contribution is 7.17. The van der Waals surface area contributed by atoms with Gasteiger partial charge < -0.3 is 10.1 Å². The van der Waals surface area contributed by atoms with Gasteiger partial charge in [-0.05, 0) is 6.07 Å². The van der Waals surface area contributed by atoms with E-state index in [1.807, 2.05) is 24.3 Å². The lowest BCUT2D eigenvalue weighted by Crippen LogP contribution is -2.00. The first-order chi connectivity index (χ1) is 8.74. The number of carbonyl (C=O) groups excluding carboxylic acids is 1. The molecule has 1 N–H and O–H groups in total. The summed E-state index contributed by atoms with van der Waals surface area (Å²) in [5.41, 5.74) is 1.01. The molecule has 1 aromatic heterocycles. The number of rotatable bonds is 5. The number of nitrogens with zero attached hydrogens (tertiary/aromatic N) is 1. The van der Waals surface area contributed by atoms with Gasteiger partial charge in [0.15, 0.2) is 16.6 Å². The third-order valence-electron chi connectivity index (χ3n) is 2.34. The van der Waals surface area contributed by atoms with Crippen molar-refractivity contribution in [1.82, 2.24) is 4.98 Å². The number of halogens is 1. The minimum Gasteiger partial charge on any atom is -0.496 e. The highest BCUT2D eigenvalue weighted by Gasteiger charge is 2.08. The number of benzene rings is 1. The minimum atomic E-state index is 0.234. The van der Waals surface area contributed by atoms with Crippen molar-refractivity contribution in [1.29, 1.82) is 0 Å². The minimum absolute atomic E-state index is 0.234. The lowest BCUT2D eigenvalue weighted by atomic mass is 10.2. The first-order valence-corrected chi connectivity index (χ1v) is 6.41. The number of methoxy groups -OCH3 is 1. The van der Waals surface area contributed by atoms with E-state index in [4.69, 9.17) is 16.3 Å². The van der Waals surface area contributed by atoms with Gasteiger partial charge in [0.05, 0.1) is 7.11 Å². The monoisotopic (exact) mass is 282 g/mol. The van der Waals surface area contributed by atoms with Gasteiger partial charge >= 0.3 is 0 Å². The zero-order valence-electron chi connectivity index (χ0n) is 9.64. The van der Waals surface area contributed by atoms with Gasteiger partial charge in [0, 0.05) is 12.1 Å². The molecule has 0 fully saturated rings. The van der Waals surface area contributed by atoms with Crippen LogP contribution in [-0.4, -0.2) is 18.4 Å². The first kappa shape index (κ1) is 12.9. The van der Waals surface area contributed by atoms with Crippen molar-refractivity contribution >= 4 is 34.4 Å². The Morgan fingerprint density at radius 2 is 2.28 bits per heavy atom. The number of hydrogen-bond acceptors (Lipinski definition) is 5. The molecular weight excluding hydrogens is 272 g/mol. The van der Waals surface area contributed by atoms with Crippen LogP contribution in [0.2, 0.25) is 5.15 Å². The molecule has 0 aliphatic heterocycles. The second-order valence-corrected chi connectivity index (χ2v) is 4.85. The Hall–Kier alpha value is -1.59. The van der Waals surface area contributed by atoms with E-state index >= 15 is 0 Å². The molecule has 0 radical (unpaired) electrons. The molecule has 94 valence electrons. The average Bonchev–Trinajstić information content (AvgIpc) is 2.77. The van der Waals surface area contributed by atoms with Crippen LogP contribution in [0, 0.1) is 0 Å². The fraction of sp³-hybridized carbons (Fsp3) is 0.167. The standard InChI is InChI=1S/C12H11ClN2O2S/c1-17-9-5-3-2-4-8(9)6-14-12-15-11(13)10(7-16)18-12/h2-5,7H,6H2,1H3,(H,14,15). The molecule has 1 aromatic carbocycles. The van der Waals surface area contributed by atoms with Gasteiger partial charge in [-0.15, -0.1) is 0 Å². The summed E-state index contributed by atoms with van der Waals surface area (Å²) >= 11 is 7.02. The van der Waals surface area contributed by atoms with E-state index < -0.39 is 0 Å². The molecule has 0 bridgehead atoms. The Morgan fingerprint density at radius 1 is 1.50 bits per heavy atom. The van der Waals surface area contributed by atoms with E-state index in [1.165, 1.54) is 11.3 Å². The van der Waals surface area contributed by atoms with E-state index in [-0.39, 0.29) is 5.15 Å². The summed E-state index contributed by atoms with van der Waals surface area (Å²) in [6.07, 6.45) is 0.703. The number of aldehydes is 1. The van der Waals surface area contributed by atoms with Gasteiger partial charge in [-0.25, -0.2) is 4.98 Å². The summed E-state index contributed by atoms with van der Waals surface area (Å²) in [6, 6.07) is 7.70. The SMILES string of the molecule is COc1ccccc1CNc1nc(Cl)c(C=O)s1. The summed E-state index contributed by atoms with van der Waals surface area (Å²) in [7, 11) is 1.63. The summed E-state index contributed by atoms with van der Waals surface area (Å²) in [5.74, 6) is 0.809. The maximum atomic E-state index is 10.7. The lowest BCUT2D eigenvalue weighted by Gasteiger charge is -2.08. The number of ether oxygens (including phenoxy) is 1. The molecule has 0 spiro atoms. The Morgan fingerprint density at radius 3 is 2.94 bits per heavy atom. The van der Waals surface area contributed by atoms with Crippen molar-refractivity contribution < 1.29 is 9.53 Å². The molecule has 0 saturated heterocycles. The van der Waals surface area contributed by atoms with Crippen molar-refractivity contribution in [2.75, 3.05) is 12.4 Å². The van der Waals surface area contributed by atoms with Crippen LogP contribution in [0.3, 0.4) is 0 Å². The highest BCUT2D eigenvalue weighted by atomic mass is 35.5. The van der Waals surface area contributed by atoms with Gasteiger partial charge in [-0.1, -0.05) is 41.1 Å². The predicted octanol–water partition coefficient (Wildman–Crippen LogP) is 3.23. The largest absolute Gasteiger partial charge is 0.496 e. The molecule has 1 heterocycles. The summed E-state index contributed by atoms with van der Waals surface area (Å²) in [5, 5.41) is 3.97. The molecule has 4 nitrogen and oxygen atoms in total. The Labute approximate surface area is 114 Å². The molecule has 2 rings (SSSR count). The second-order valence-electron chi connectivity index (χ2n) is 3.46. The van der Waals surface area contributed by atoms with Crippen LogP contribution in [0.5, 0.6) is 5.75 Å². The molecular formula is C12H11ClN2O2S. The van der Waals surface area contributed by atoms with E-state index in [9.17, 15) is 4.79 Å². The van der Waals surface area contributed by atoms with Crippen LogP contribution in [0.25, 0.3) is 0 Å². The first-order valence-electron chi connectivity index (χ1n) is 5.22. The number of thiazole rings is 1. The van der Waals surface area contributed by atoms with E-state index in [2.05, 4.69) is 10.3 Å². The Balaban J connectivity index is 2.08. The predicted molar refractivity (Wildman–Crippen MR) is 72.8 cm³/mol. The van der Waals surface area contributed by atoms with Crippen LogP contribution in [-0.2, 0) is 6.54 Å². The summed E-state index contributed by atoms with van der Waals surface area (Å²) < 4.78 is 5.24. The summed E-state index contributed by atoms with van der Waals surface area (Å²) in [6.45, 7) is 0.562. The fourth-order valence-corrected chi connectivity index (χ4v) is 2.44. The van der Waals surface area contributed by atoms with Gasteiger partial charge in [0.1, 0.15) is 10.6 Å². The highest BCUT2D eigenvalue weighted by Crippen LogP contribution is 2.26. The maximum Gasteiger partial charge on any atom is 0.185 e. The molecule has 2 aromatic rings. The quantitative estimate of drug-likeness (QED) is 0.856. The molecule has 0 amide bonds. The normalized spacial score (nSPS) is 10.1. The molecule has 0 saturated carbocycles. The zero-order valence-corrected chi connectivity index (χ0v) is 11.2. The zero-order chi connectivity index (χ0) is 13.0. The van der Waals surface area contributed by atoms with Gasteiger partial charge in [0.2, 0.25) is 0 Å². The van der Waals surface area contributed by atoms with Gasteiger partial charge in [0.25, 0.3) is 0 Å². The van der Waals surface area contributed by atoms with E-state index in [0.29, 0.717) is 22.8 Å². The topological polar surface area (TPSA) is 51.2 Å². The second kappa shape index (κ2) is 5.84. The maximum absolute atomic E-state index is 10.7. The van der Waals surface area contributed by atoms with Crippen LogP contribution in [0.4, 0.5) is 5.13 Å². The molecule has 0 atom stereocenters. The number of para-hydroxylation sites is 1. The summed E-state index contributed by atoms with van der Waals surface area (Å²) in [4.78, 5) is 15.1. The fourth-order valence-electron chi connectivity index (χ4n) is 1.48. The van der Waals surface area contributed by atoms with Crippen molar-refractivity contribution in [2.45, 2.75) is 6.54 Å². The number of nitrogens with one attached hydrogen (secondary N) is 1. The van der Waals surface area contributed by atoms with Crippen LogP contribution in [0.1, 0.15) is 15.2 Å². The third-order valence-corrected chi connectivity index (χ3v) is 3.68. The van der Waals surface area contributed by atoms with Crippen molar-refractivity contribution in [3.05, 3.63) is 39.9 Å². The van der Waals surface area contributed by atoms with Crippen molar-refractivity contribution in [2.24, 2.45) is 0 Å². The number of carbonyl (C=O) groups is 1. The van der Waals surface area contributed by atoms with Gasteiger partial charge in [-0.3, -0.25) is 4.79 Å². The van der Waals surface area contributed by atoms with E-state index in [0.717, 1.165) is 11.3 Å². The van der Waals surface area contributed by atoms with E-state index in [1.54, 1.807) is 7.11 Å². The smallest absolute Gasteiger partial charge is 0.185 e. The Bertz CT molecular complexity index is 557. The molecule has 6 heteroatoms. The Kier molecular flexibility index (Phi) is 4.17. The number of aromatic nitrogens is 1. The molecule has 0 aliphatic carbocycles. The van der Waals surface area contributed by atoms with Crippen molar-refractivity contribution in [3.63, 3.8) is 0 Å². The van der Waals surface area contributed by atoms with Crippen molar-refractivity contribution in [3.8, 4) is 5.75 Å². The van der Waals surface area contributed by atoms with Crippen LogP contribution >= 0.6 is 22.9 Å². The molecule has 0 unspecified atom stereocenters. The number of hydrogen-bond donors (Lipinski definition) is 1. The van der Waals surface area contributed by atoms with Crippen LogP contribution in [0.15, 0.2) is 24.3 Å². The van der Waals surface area contributed by atoms with Gasteiger partial charge in [-0.2, -0.15) is 0 Å². The molecule has 18 heavy (non-hydrogen) atoms. The third kappa shape index (κ3) is 2.80. The average molecular weight is 283 g/mol. The number of anilines is 1. The lowest BCUT2D eigenvalue weighted by molar-refractivity contribution is 0.112. The molecule has 0 aliphatic rings.